The van der Waals surface area contributed by atoms with Gasteiger partial charge in [-0.1, -0.05) is 0 Å². The third-order valence-electron chi connectivity index (χ3n) is 2.07. The molecule has 0 fully saturated rings. The van der Waals surface area contributed by atoms with Crippen molar-refractivity contribution in [3.8, 4) is 0 Å². The van der Waals surface area contributed by atoms with Crippen molar-refractivity contribution in [1.82, 2.24) is 9.78 Å². The molecule has 1 aromatic heterocycles. The van der Waals surface area contributed by atoms with Crippen LogP contribution in [-0.2, 0) is 11.3 Å². The van der Waals surface area contributed by atoms with Crippen LogP contribution in [0.5, 0.6) is 0 Å². The van der Waals surface area contributed by atoms with Crippen molar-refractivity contribution in [1.29, 1.82) is 0 Å². The van der Waals surface area contributed by atoms with Crippen molar-refractivity contribution in [2.24, 2.45) is 0 Å². The van der Waals surface area contributed by atoms with Crippen LogP contribution in [0.1, 0.15) is 0 Å². The Hall–Kier alpha value is -1.61. The Morgan fingerprint density at radius 1 is 1.53 bits per heavy atom. The number of anilines is 1. The molecular formula is C11H11AsFN3O. The minimum atomic E-state index is -0.375. The number of hydrogen-bond acceptors (Lipinski definition) is 2. The average molecular weight is 295 g/mol. The third kappa shape index (κ3) is 3.43. The fourth-order valence-electron chi connectivity index (χ4n) is 1.38. The predicted molar refractivity (Wildman–Crippen MR) is 65.4 cm³/mol. The zero-order valence-electron chi connectivity index (χ0n) is 8.93. The molecule has 0 saturated carbocycles. The molecule has 1 heterocycles. The molecule has 1 unspecified atom stereocenters. The molecule has 0 spiro atoms. The van der Waals surface area contributed by atoms with E-state index in [1.54, 1.807) is 29.2 Å². The average Bonchev–Trinajstić information content (AvgIpc) is 2.63. The van der Waals surface area contributed by atoms with Crippen molar-refractivity contribution in [3.05, 3.63) is 42.5 Å². The molecule has 2 rings (SSSR count). The SMILES string of the molecule is O=C(Cn1cc([AsH2])cn1)Nc1cccc(F)c1. The number of nitrogens with zero attached hydrogens (tertiary/aromatic N) is 2. The van der Waals surface area contributed by atoms with Crippen molar-refractivity contribution in [2.75, 3.05) is 5.32 Å². The van der Waals surface area contributed by atoms with Gasteiger partial charge >= 0.3 is 106 Å². The summed E-state index contributed by atoms with van der Waals surface area (Å²) in [7, 11) is 0. The van der Waals surface area contributed by atoms with Crippen LogP contribution in [0.2, 0.25) is 0 Å². The van der Waals surface area contributed by atoms with E-state index < -0.39 is 0 Å². The molecule has 0 aliphatic rings. The van der Waals surface area contributed by atoms with E-state index in [2.05, 4.69) is 10.4 Å². The second kappa shape index (κ2) is 5.15. The van der Waals surface area contributed by atoms with Gasteiger partial charge in [0.1, 0.15) is 0 Å². The molecule has 2 aromatic rings. The van der Waals surface area contributed by atoms with Gasteiger partial charge in [-0.05, 0) is 0 Å². The number of rotatable bonds is 3. The van der Waals surface area contributed by atoms with E-state index >= 15 is 0 Å². The van der Waals surface area contributed by atoms with E-state index in [1.165, 1.54) is 29.0 Å². The van der Waals surface area contributed by atoms with E-state index in [0.717, 1.165) is 4.35 Å². The summed E-state index contributed by atoms with van der Waals surface area (Å²) in [6.45, 7) is 0.125. The second-order valence-electron chi connectivity index (χ2n) is 3.53. The Morgan fingerprint density at radius 2 is 2.35 bits per heavy atom. The first-order valence-corrected chi connectivity index (χ1v) is 6.18. The summed E-state index contributed by atoms with van der Waals surface area (Å²) in [5, 5.41) is 6.62. The predicted octanol–water partition coefficient (Wildman–Crippen LogP) is -0.0807. The van der Waals surface area contributed by atoms with Gasteiger partial charge in [0.05, 0.1) is 0 Å². The molecule has 17 heavy (non-hydrogen) atoms. The molecule has 0 radical (unpaired) electrons. The first-order chi connectivity index (χ1) is 8.13. The Bertz CT molecular complexity index is 541. The molecule has 0 saturated heterocycles. The van der Waals surface area contributed by atoms with Gasteiger partial charge in [-0.15, -0.1) is 0 Å². The van der Waals surface area contributed by atoms with Gasteiger partial charge in [-0.3, -0.25) is 0 Å². The summed E-state index contributed by atoms with van der Waals surface area (Å²) in [5.74, 6) is -0.605. The van der Waals surface area contributed by atoms with Gasteiger partial charge in [0.25, 0.3) is 0 Å². The summed E-state index contributed by atoms with van der Waals surface area (Å²) in [6.07, 6.45) is 3.50. The number of nitrogens with one attached hydrogen (secondary N) is 1. The maximum atomic E-state index is 12.9. The molecule has 1 amide bonds. The van der Waals surface area contributed by atoms with Crippen molar-refractivity contribution >= 4 is 32.8 Å². The van der Waals surface area contributed by atoms with Crippen LogP contribution in [-0.4, -0.2) is 32.5 Å². The van der Waals surface area contributed by atoms with Gasteiger partial charge in [0.15, 0.2) is 0 Å². The van der Waals surface area contributed by atoms with Gasteiger partial charge < -0.3 is 0 Å². The van der Waals surface area contributed by atoms with E-state index in [4.69, 9.17) is 0 Å². The first kappa shape index (κ1) is 11.9. The number of carbonyl (C=O) groups excluding carboxylic acids is 1. The Balaban J connectivity index is 1.98. The van der Waals surface area contributed by atoms with Crippen LogP contribution in [0.4, 0.5) is 10.1 Å². The topological polar surface area (TPSA) is 46.9 Å². The van der Waals surface area contributed by atoms with Gasteiger partial charge in [-0.25, -0.2) is 0 Å². The molecule has 0 aliphatic carbocycles. The molecule has 4 nitrogen and oxygen atoms in total. The molecule has 0 aliphatic heterocycles. The zero-order chi connectivity index (χ0) is 12.3. The summed E-state index contributed by atoms with van der Waals surface area (Å²) < 4.78 is 15.5. The number of amides is 1. The van der Waals surface area contributed by atoms with E-state index in [1.807, 2.05) is 0 Å². The number of hydrogen-bond donors (Lipinski definition) is 1. The number of halogens is 1. The van der Waals surface area contributed by atoms with Crippen LogP contribution in [0.25, 0.3) is 0 Å². The summed E-state index contributed by atoms with van der Waals surface area (Å²) in [4.78, 5) is 11.6. The summed E-state index contributed by atoms with van der Waals surface area (Å²) >= 11 is 1.45. The Morgan fingerprint density at radius 3 is 3.00 bits per heavy atom. The number of aromatic nitrogens is 2. The maximum absolute atomic E-state index is 12.9. The van der Waals surface area contributed by atoms with Crippen molar-refractivity contribution in [3.63, 3.8) is 0 Å². The van der Waals surface area contributed by atoms with Crippen LogP contribution < -0.4 is 9.67 Å². The zero-order valence-corrected chi connectivity index (χ0v) is 11.4. The van der Waals surface area contributed by atoms with Crippen LogP contribution >= 0.6 is 0 Å². The molecular weight excluding hydrogens is 284 g/mol. The van der Waals surface area contributed by atoms with E-state index in [9.17, 15) is 9.18 Å². The van der Waals surface area contributed by atoms with Crippen LogP contribution in [0, 0.1) is 5.82 Å². The number of benzene rings is 1. The van der Waals surface area contributed by atoms with Gasteiger partial charge in [-0.2, -0.15) is 0 Å². The molecule has 1 aromatic carbocycles. The van der Waals surface area contributed by atoms with E-state index in [0.29, 0.717) is 5.69 Å². The molecule has 88 valence electrons. The second-order valence-corrected chi connectivity index (χ2v) is 4.93. The van der Waals surface area contributed by atoms with Crippen LogP contribution in [0.15, 0.2) is 36.7 Å². The van der Waals surface area contributed by atoms with Gasteiger partial charge in [0, 0.05) is 0 Å². The fraction of sp³-hybridized carbons (Fsp3) is 0.0909. The first-order valence-electron chi connectivity index (χ1n) is 4.97. The number of carbonyl (C=O) groups is 1. The third-order valence-corrected chi connectivity index (χ3v) is 2.69. The molecule has 6 heteroatoms. The van der Waals surface area contributed by atoms with Gasteiger partial charge in [0.2, 0.25) is 0 Å². The molecule has 1 atom stereocenters. The quantitative estimate of drug-likeness (QED) is 0.805. The summed E-state index contributed by atoms with van der Waals surface area (Å²) in [5.41, 5.74) is 0.447. The summed E-state index contributed by atoms with van der Waals surface area (Å²) in [6, 6.07) is 5.79. The van der Waals surface area contributed by atoms with Crippen molar-refractivity contribution in [2.45, 2.75) is 6.54 Å². The molecule has 0 bridgehead atoms. The van der Waals surface area contributed by atoms with Crippen molar-refractivity contribution < 1.29 is 9.18 Å². The normalized spacial score (nSPS) is 10.2. The minimum absolute atomic E-state index is 0.125. The van der Waals surface area contributed by atoms with Crippen LogP contribution in [0.3, 0.4) is 0 Å². The monoisotopic (exact) mass is 295 g/mol. The molecule has 1 N–H and O–H groups in total. The van der Waals surface area contributed by atoms with E-state index in [-0.39, 0.29) is 18.3 Å². The fourth-order valence-corrected chi connectivity index (χ4v) is 1.88. The standard InChI is InChI=1S/C11H11AsFN3O/c12-8-5-14-16(6-8)7-11(17)15-10-3-1-2-9(13)4-10/h1-6H,7,12H2,(H,15,17). The Kier molecular flexibility index (Phi) is 3.59. The Labute approximate surface area is 106 Å².